The molecule has 0 aliphatic carbocycles. The van der Waals surface area contributed by atoms with Gasteiger partial charge in [0.2, 0.25) is 11.8 Å². The number of hydrogen-bond donors (Lipinski definition) is 1. The predicted molar refractivity (Wildman–Crippen MR) is 80.3 cm³/mol. The van der Waals surface area contributed by atoms with E-state index >= 15 is 0 Å². The molecule has 0 fully saturated rings. The highest BCUT2D eigenvalue weighted by Gasteiger charge is 2.23. The fraction of sp³-hybridized carbons (Fsp3) is 0.500. The van der Waals surface area contributed by atoms with Crippen LogP contribution in [-0.4, -0.2) is 35.8 Å². The molecule has 1 aromatic rings. The normalized spacial score (nSPS) is 11.8. The van der Waals surface area contributed by atoms with Crippen LogP contribution in [0.1, 0.15) is 32.8 Å². The fourth-order valence-corrected chi connectivity index (χ4v) is 2.10. The van der Waals surface area contributed by atoms with Gasteiger partial charge >= 0.3 is 0 Å². The molecule has 4 nitrogen and oxygen atoms in total. The van der Waals surface area contributed by atoms with Crippen molar-refractivity contribution < 1.29 is 9.59 Å². The lowest BCUT2D eigenvalue weighted by Gasteiger charge is -2.28. The summed E-state index contributed by atoms with van der Waals surface area (Å²) < 4.78 is 0. The molecule has 2 amide bonds. The quantitative estimate of drug-likeness (QED) is 0.828. The van der Waals surface area contributed by atoms with Crippen LogP contribution in [0.4, 0.5) is 0 Å². The molecule has 0 unspecified atom stereocenters. The average Bonchev–Trinajstić information content (AvgIpc) is 2.48. The summed E-state index contributed by atoms with van der Waals surface area (Å²) in [4.78, 5) is 25.6. The van der Waals surface area contributed by atoms with Gasteiger partial charge in [0.05, 0.1) is 0 Å². The highest BCUT2D eigenvalue weighted by molar-refractivity contribution is 5.87. The van der Waals surface area contributed by atoms with Crippen LogP contribution in [0.2, 0.25) is 0 Å². The van der Waals surface area contributed by atoms with Gasteiger partial charge in [0.1, 0.15) is 6.04 Å². The third-order valence-electron chi connectivity index (χ3n) is 3.30. The first kappa shape index (κ1) is 16.2. The Morgan fingerprint density at radius 2 is 1.85 bits per heavy atom. The maximum Gasteiger partial charge on any atom is 0.242 e. The Bertz CT molecular complexity index is 431. The Labute approximate surface area is 121 Å². The van der Waals surface area contributed by atoms with E-state index in [1.54, 1.807) is 11.8 Å². The molecule has 0 radical (unpaired) electrons. The first-order valence-electron chi connectivity index (χ1n) is 7.21. The van der Waals surface area contributed by atoms with E-state index in [0.717, 1.165) is 6.42 Å². The first-order chi connectivity index (χ1) is 9.60. The predicted octanol–water partition coefficient (Wildman–Crippen LogP) is 1.99. The summed E-state index contributed by atoms with van der Waals surface area (Å²) in [7, 11) is 0. The highest BCUT2D eigenvalue weighted by Crippen LogP contribution is 2.07. The van der Waals surface area contributed by atoms with E-state index in [2.05, 4.69) is 5.32 Å². The summed E-state index contributed by atoms with van der Waals surface area (Å²) in [5, 5.41) is 2.77. The maximum absolute atomic E-state index is 12.0. The minimum atomic E-state index is -0.425. The number of hydrogen-bond acceptors (Lipinski definition) is 2. The third kappa shape index (κ3) is 4.68. The molecule has 0 saturated heterocycles. The van der Waals surface area contributed by atoms with Crippen LogP contribution >= 0.6 is 0 Å². The van der Waals surface area contributed by atoms with E-state index in [4.69, 9.17) is 0 Å². The standard InChI is InChI=1S/C16H24N2O2/c1-4-15(19)18(13(3)16(20)17-5-2)12-11-14-9-7-6-8-10-14/h6-10,13H,4-5,11-12H2,1-3H3,(H,17,20)/t13-/m0/s1. The van der Waals surface area contributed by atoms with Gasteiger partial charge in [-0.25, -0.2) is 0 Å². The van der Waals surface area contributed by atoms with Crippen molar-refractivity contribution >= 4 is 11.8 Å². The van der Waals surface area contributed by atoms with Crippen molar-refractivity contribution in [1.82, 2.24) is 10.2 Å². The molecule has 110 valence electrons. The second-order valence-electron chi connectivity index (χ2n) is 4.75. The van der Waals surface area contributed by atoms with Gasteiger partial charge in [0.15, 0.2) is 0 Å². The van der Waals surface area contributed by atoms with Crippen LogP contribution < -0.4 is 5.32 Å². The number of likely N-dealkylation sites (N-methyl/N-ethyl adjacent to an activating group) is 1. The Hall–Kier alpha value is -1.84. The minimum Gasteiger partial charge on any atom is -0.355 e. The highest BCUT2D eigenvalue weighted by atomic mass is 16.2. The van der Waals surface area contributed by atoms with Gasteiger partial charge in [-0.15, -0.1) is 0 Å². The monoisotopic (exact) mass is 276 g/mol. The number of rotatable bonds is 7. The Kier molecular flexibility index (Phi) is 6.77. The number of nitrogens with one attached hydrogen (secondary N) is 1. The maximum atomic E-state index is 12.0. The van der Waals surface area contributed by atoms with Crippen molar-refractivity contribution in [1.29, 1.82) is 0 Å². The van der Waals surface area contributed by atoms with Crippen LogP contribution in [0, 0.1) is 0 Å². The van der Waals surface area contributed by atoms with E-state index in [1.807, 2.05) is 44.2 Å². The van der Waals surface area contributed by atoms with Gasteiger partial charge in [0.25, 0.3) is 0 Å². The Morgan fingerprint density at radius 3 is 2.40 bits per heavy atom. The van der Waals surface area contributed by atoms with E-state index in [0.29, 0.717) is 19.5 Å². The van der Waals surface area contributed by atoms with Crippen LogP contribution in [0.15, 0.2) is 30.3 Å². The molecule has 0 spiro atoms. The van der Waals surface area contributed by atoms with E-state index in [-0.39, 0.29) is 11.8 Å². The lowest BCUT2D eigenvalue weighted by molar-refractivity contribution is -0.139. The molecule has 0 saturated carbocycles. The largest absolute Gasteiger partial charge is 0.355 e. The molecular formula is C16H24N2O2. The van der Waals surface area contributed by atoms with Crippen molar-refractivity contribution in [2.45, 2.75) is 39.7 Å². The smallest absolute Gasteiger partial charge is 0.242 e. The summed E-state index contributed by atoms with van der Waals surface area (Å²) in [6.45, 7) is 6.62. The van der Waals surface area contributed by atoms with Crippen molar-refractivity contribution in [3.05, 3.63) is 35.9 Å². The van der Waals surface area contributed by atoms with E-state index in [1.165, 1.54) is 5.56 Å². The summed E-state index contributed by atoms with van der Waals surface area (Å²) in [5.41, 5.74) is 1.17. The summed E-state index contributed by atoms with van der Waals surface area (Å²) in [6.07, 6.45) is 1.18. The zero-order valence-electron chi connectivity index (χ0n) is 12.6. The van der Waals surface area contributed by atoms with Crippen molar-refractivity contribution in [2.24, 2.45) is 0 Å². The Morgan fingerprint density at radius 1 is 1.20 bits per heavy atom. The molecule has 1 aromatic carbocycles. The van der Waals surface area contributed by atoms with Crippen LogP contribution in [0.25, 0.3) is 0 Å². The van der Waals surface area contributed by atoms with Crippen molar-refractivity contribution in [3.8, 4) is 0 Å². The molecule has 1 N–H and O–H groups in total. The lowest BCUT2D eigenvalue weighted by atomic mass is 10.1. The van der Waals surface area contributed by atoms with Crippen molar-refractivity contribution in [2.75, 3.05) is 13.1 Å². The van der Waals surface area contributed by atoms with Crippen LogP contribution in [0.5, 0.6) is 0 Å². The third-order valence-corrected chi connectivity index (χ3v) is 3.30. The zero-order valence-corrected chi connectivity index (χ0v) is 12.6. The van der Waals surface area contributed by atoms with Gasteiger partial charge in [-0.3, -0.25) is 9.59 Å². The Balaban J connectivity index is 2.69. The number of carbonyl (C=O) groups is 2. The zero-order chi connectivity index (χ0) is 15.0. The molecule has 0 bridgehead atoms. The van der Waals surface area contributed by atoms with Crippen molar-refractivity contribution in [3.63, 3.8) is 0 Å². The molecule has 0 heterocycles. The van der Waals surface area contributed by atoms with E-state index in [9.17, 15) is 9.59 Å². The number of benzene rings is 1. The summed E-state index contributed by atoms with van der Waals surface area (Å²) in [5.74, 6) is -0.0814. The van der Waals surface area contributed by atoms with Gasteiger partial charge < -0.3 is 10.2 Å². The molecule has 4 heteroatoms. The number of carbonyl (C=O) groups excluding carboxylic acids is 2. The first-order valence-corrected chi connectivity index (χ1v) is 7.21. The van der Waals surface area contributed by atoms with Gasteiger partial charge in [-0.05, 0) is 25.8 Å². The van der Waals surface area contributed by atoms with E-state index < -0.39 is 6.04 Å². The lowest BCUT2D eigenvalue weighted by Crippen LogP contribution is -2.48. The van der Waals surface area contributed by atoms with Gasteiger partial charge in [-0.2, -0.15) is 0 Å². The number of amides is 2. The fourth-order valence-electron chi connectivity index (χ4n) is 2.10. The molecule has 1 rings (SSSR count). The van der Waals surface area contributed by atoms with Gasteiger partial charge in [-0.1, -0.05) is 37.3 Å². The summed E-state index contributed by atoms with van der Waals surface area (Å²) >= 11 is 0. The van der Waals surface area contributed by atoms with Gasteiger partial charge in [0, 0.05) is 19.5 Å². The molecule has 20 heavy (non-hydrogen) atoms. The second-order valence-corrected chi connectivity index (χ2v) is 4.75. The van der Waals surface area contributed by atoms with Crippen LogP contribution in [0.3, 0.4) is 0 Å². The molecule has 0 aromatic heterocycles. The minimum absolute atomic E-state index is 0.0136. The number of nitrogens with zero attached hydrogens (tertiary/aromatic N) is 1. The summed E-state index contributed by atoms with van der Waals surface area (Å²) in [6, 6.07) is 9.57. The molecular weight excluding hydrogens is 252 g/mol. The van der Waals surface area contributed by atoms with Crippen LogP contribution in [-0.2, 0) is 16.0 Å². The average molecular weight is 276 g/mol. The topological polar surface area (TPSA) is 49.4 Å². The molecule has 0 aliphatic heterocycles. The SMILES string of the molecule is CCNC(=O)[C@H](C)N(CCc1ccccc1)C(=O)CC. The molecule has 0 aliphatic rings. The molecule has 1 atom stereocenters. The second kappa shape index (κ2) is 8.35.